The molecule has 0 amide bonds. The molecule has 0 aromatic rings. The molecule has 0 radical (unpaired) electrons. The quantitative estimate of drug-likeness (QED) is 0.304. The van der Waals surface area contributed by atoms with Gasteiger partial charge in [-0.05, 0) is 39.5 Å². The molecule has 0 aliphatic carbocycles. The second-order valence-corrected chi connectivity index (χ2v) is 5.73. The summed E-state index contributed by atoms with van der Waals surface area (Å²) < 4.78 is 4.51. The lowest BCUT2D eigenvalue weighted by Gasteiger charge is -2.14. The highest BCUT2D eigenvalue weighted by Gasteiger charge is 2.24. The van der Waals surface area contributed by atoms with Gasteiger partial charge >= 0.3 is 5.97 Å². The third kappa shape index (κ3) is 7.13. The summed E-state index contributed by atoms with van der Waals surface area (Å²) in [6.07, 6.45) is 6.09. The van der Waals surface area contributed by atoms with Gasteiger partial charge in [0.1, 0.15) is 4.32 Å². The fraction of sp³-hybridized carbons (Fsp3) is 0.727. The molecule has 0 atom stereocenters. The number of alkyl halides is 1. The van der Waals surface area contributed by atoms with E-state index < -0.39 is 4.32 Å². The van der Waals surface area contributed by atoms with Gasteiger partial charge in [0.2, 0.25) is 0 Å². The van der Waals surface area contributed by atoms with Crippen LogP contribution < -0.4 is 0 Å². The number of hydrogen-bond acceptors (Lipinski definition) is 2. The van der Waals surface area contributed by atoms with Crippen LogP contribution in [0.25, 0.3) is 0 Å². The lowest BCUT2D eigenvalue weighted by molar-refractivity contribution is -0.145. The highest BCUT2D eigenvalue weighted by Crippen LogP contribution is 2.17. The summed E-state index contributed by atoms with van der Waals surface area (Å²) in [6, 6.07) is 0. The van der Waals surface area contributed by atoms with Gasteiger partial charge in [-0.3, -0.25) is 4.79 Å². The molecule has 82 valence electrons. The second-order valence-electron chi connectivity index (χ2n) is 3.75. The minimum absolute atomic E-state index is 0.193. The maximum atomic E-state index is 11.3. The van der Waals surface area contributed by atoms with Crippen molar-refractivity contribution >= 4 is 21.9 Å². The van der Waals surface area contributed by atoms with E-state index in [2.05, 4.69) is 22.5 Å². The minimum atomic E-state index is -0.561. The van der Waals surface area contributed by atoms with Crippen molar-refractivity contribution in [3.63, 3.8) is 0 Å². The molecule has 0 aromatic carbocycles. The standard InChI is InChI=1S/C11H19BrO2/c1-4-5-6-7-8-9-14-10(13)11(2,3)12/h4H,1,5-9H2,2-3H3. The Morgan fingerprint density at radius 1 is 1.43 bits per heavy atom. The SMILES string of the molecule is C=CCCCCCOC(=O)C(C)(C)Br. The Labute approximate surface area is 94.8 Å². The maximum Gasteiger partial charge on any atom is 0.322 e. The highest BCUT2D eigenvalue weighted by molar-refractivity contribution is 9.10. The topological polar surface area (TPSA) is 26.3 Å². The van der Waals surface area contributed by atoms with Gasteiger partial charge < -0.3 is 4.74 Å². The van der Waals surface area contributed by atoms with Crippen molar-refractivity contribution in [3.8, 4) is 0 Å². The Hall–Kier alpha value is -0.310. The smallest absolute Gasteiger partial charge is 0.322 e. The van der Waals surface area contributed by atoms with Crippen LogP contribution in [0, 0.1) is 0 Å². The molecule has 0 saturated heterocycles. The molecule has 0 fully saturated rings. The molecule has 0 N–H and O–H groups in total. The van der Waals surface area contributed by atoms with Crippen LogP contribution in [0.2, 0.25) is 0 Å². The lowest BCUT2D eigenvalue weighted by Crippen LogP contribution is -2.26. The molecule has 14 heavy (non-hydrogen) atoms. The van der Waals surface area contributed by atoms with E-state index in [1.54, 1.807) is 13.8 Å². The first-order chi connectivity index (χ1) is 6.48. The molecule has 0 heterocycles. The van der Waals surface area contributed by atoms with Crippen molar-refractivity contribution in [1.82, 2.24) is 0 Å². The molecule has 2 nitrogen and oxygen atoms in total. The summed E-state index contributed by atoms with van der Waals surface area (Å²) in [5, 5.41) is 0. The van der Waals surface area contributed by atoms with Gasteiger partial charge in [-0.15, -0.1) is 6.58 Å². The molecule has 0 aliphatic heterocycles. The highest BCUT2D eigenvalue weighted by atomic mass is 79.9. The molecular weight excluding hydrogens is 244 g/mol. The van der Waals surface area contributed by atoms with E-state index in [0.717, 1.165) is 25.7 Å². The molecular formula is C11H19BrO2. The predicted octanol–water partition coefficient (Wildman–Crippen LogP) is 3.45. The molecule has 0 rings (SSSR count). The Bertz CT molecular complexity index is 182. The van der Waals surface area contributed by atoms with Crippen LogP contribution in [-0.4, -0.2) is 16.9 Å². The number of ether oxygens (including phenoxy) is 1. The number of hydrogen-bond donors (Lipinski definition) is 0. The second kappa shape index (κ2) is 7.04. The van der Waals surface area contributed by atoms with Crippen LogP contribution in [0.4, 0.5) is 0 Å². The lowest BCUT2D eigenvalue weighted by atomic mass is 10.2. The molecule has 3 heteroatoms. The fourth-order valence-electron chi connectivity index (χ4n) is 0.904. The van der Waals surface area contributed by atoms with Gasteiger partial charge in [0, 0.05) is 0 Å². The fourth-order valence-corrected chi connectivity index (χ4v) is 1.02. The van der Waals surface area contributed by atoms with Crippen molar-refractivity contribution in [2.45, 2.75) is 43.9 Å². The van der Waals surface area contributed by atoms with Crippen LogP contribution in [-0.2, 0) is 9.53 Å². The minimum Gasteiger partial charge on any atom is -0.465 e. The van der Waals surface area contributed by atoms with Crippen molar-refractivity contribution < 1.29 is 9.53 Å². The van der Waals surface area contributed by atoms with Crippen molar-refractivity contribution in [2.75, 3.05) is 6.61 Å². The number of carbonyl (C=O) groups excluding carboxylic acids is 1. The predicted molar refractivity (Wildman–Crippen MR) is 62.6 cm³/mol. The molecule has 0 aromatic heterocycles. The van der Waals surface area contributed by atoms with Gasteiger partial charge in [0.15, 0.2) is 0 Å². The van der Waals surface area contributed by atoms with Crippen LogP contribution in [0.15, 0.2) is 12.7 Å². The third-order valence-corrected chi connectivity index (χ3v) is 2.09. The Kier molecular flexibility index (Phi) is 6.89. The van der Waals surface area contributed by atoms with E-state index in [0.29, 0.717) is 6.61 Å². The third-order valence-electron chi connectivity index (χ3n) is 1.77. The zero-order chi connectivity index (χ0) is 11.0. The number of rotatable bonds is 7. The van der Waals surface area contributed by atoms with E-state index in [9.17, 15) is 4.79 Å². The normalized spacial score (nSPS) is 11.1. The van der Waals surface area contributed by atoms with Crippen LogP contribution in [0.5, 0.6) is 0 Å². The van der Waals surface area contributed by atoms with Crippen molar-refractivity contribution in [2.24, 2.45) is 0 Å². The number of halogens is 1. The molecule has 0 bridgehead atoms. The van der Waals surface area contributed by atoms with E-state index in [-0.39, 0.29) is 5.97 Å². The molecule has 0 aliphatic rings. The largest absolute Gasteiger partial charge is 0.465 e. The van der Waals surface area contributed by atoms with E-state index in [1.165, 1.54) is 0 Å². The van der Waals surface area contributed by atoms with Crippen LogP contribution in [0.3, 0.4) is 0 Å². The van der Waals surface area contributed by atoms with Gasteiger partial charge in [-0.1, -0.05) is 22.0 Å². The first-order valence-corrected chi connectivity index (χ1v) is 5.75. The van der Waals surface area contributed by atoms with Crippen molar-refractivity contribution in [1.29, 1.82) is 0 Å². The monoisotopic (exact) mass is 262 g/mol. The van der Waals surface area contributed by atoms with Gasteiger partial charge in [-0.25, -0.2) is 0 Å². The molecule has 0 spiro atoms. The first-order valence-electron chi connectivity index (χ1n) is 4.95. The number of esters is 1. The Balaban J connectivity index is 3.37. The molecule has 0 saturated carbocycles. The summed E-state index contributed by atoms with van der Waals surface area (Å²) in [5.74, 6) is -0.193. The van der Waals surface area contributed by atoms with E-state index in [4.69, 9.17) is 4.74 Å². The van der Waals surface area contributed by atoms with E-state index in [1.807, 2.05) is 6.08 Å². The maximum absolute atomic E-state index is 11.3. The first kappa shape index (κ1) is 13.7. The molecule has 0 unspecified atom stereocenters. The van der Waals surface area contributed by atoms with Gasteiger partial charge in [0.25, 0.3) is 0 Å². The summed E-state index contributed by atoms with van der Waals surface area (Å²) >= 11 is 3.25. The van der Waals surface area contributed by atoms with Gasteiger partial charge in [-0.2, -0.15) is 0 Å². The summed E-state index contributed by atoms with van der Waals surface area (Å²) in [7, 11) is 0. The summed E-state index contributed by atoms with van der Waals surface area (Å²) in [5.41, 5.74) is 0. The average Bonchev–Trinajstić information content (AvgIpc) is 2.09. The Morgan fingerprint density at radius 2 is 2.07 bits per heavy atom. The summed E-state index contributed by atoms with van der Waals surface area (Å²) in [6.45, 7) is 7.74. The zero-order valence-electron chi connectivity index (χ0n) is 9.01. The summed E-state index contributed by atoms with van der Waals surface area (Å²) in [4.78, 5) is 11.3. The van der Waals surface area contributed by atoms with E-state index >= 15 is 0 Å². The number of carbonyl (C=O) groups is 1. The number of allylic oxidation sites excluding steroid dienone is 1. The van der Waals surface area contributed by atoms with Crippen LogP contribution in [0.1, 0.15) is 39.5 Å². The van der Waals surface area contributed by atoms with Crippen molar-refractivity contribution in [3.05, 3.63) is 12.7 Å². The Morgan fingerprint density at radius 3 is 2.57 bits per heavy atom. The van der Waals surface area contributed by atoms with Gasteiger partial charge in [0.05, 0.1) is 6.61 Å². The number of unbranched alkanes of at least 4 members (excludes halogenated alkanes) is 3. The zero-order valence-corrected chi connectivity index (χ0v) is 10.6. The average molecular weight is 263 g/mol. The van der Waals surface area contributed by atoms with Crippen LogP contribution >= 0.6 is 15.9 Å².